The maximum absolute atomic E-state index is 12.2. The highest BCUT2D eigenvalue weighted by molar-refractivity contribution is 6.08. The van der Waals surface area contributed by atoms with E-state index in [1.54, 1.807) is 12.1 Å². The second kappa shape index (κ2) is 4.82. The number of hydrogen-bond donors (Lipinski definition) is 1. The van der Waals surface area contributed by atoms with E-state index in [9.17, 15) is 9.90 Å². The summed E-state index contributed by atoms with van der Waals surface area (Å²) in [6.07, 6.45) is 1.49. The van der Waals surface area contributed by atoms with Crippen molar-refractivity contribution in [2.24, 2.45) is 0 Å². The first kappa shape index (κ1) is 12.6. The number of aryl methyl sites for hydroxylation is 1. The number of aliphatic hydroxyl groups is 1. The maximum atomic E-state index is 12.2. The Morgan fingerprint density at radius 1 is 1.50 bits per heavy atom. The molecule has 18 heavy (non-hydrogen) atoms. The van der Waals surface area contributed by atoms with Crippen molar-refractivity contribution in [2.45, 2.75) is 26.8 Å². The van der Waals surface area contributed by atoms with Crippen molar-refractivity contribution in [3.8, 4) is 0 Å². The summed E-state index contributed by atoms with van der Waals surface area (Å²) < 4.78 is 7.10. The molecule has 2 heterocycles. The van der Waals surface area contributed by atoms with E-state index < -0.39 is 0 Å². The molecular formula is C14H17NO3. The van der Waals surface area contributed by atoms with E-state index in [1.165, 1.54) is 6.26 Å². The quantitative estimate of drug-likeness (QED) is 0.844. The molecule has 96 valence electrons. The highest BCUT2D eigenvalue weighted by atomic mass is 16.3. The molecule has 1 unspecified atom stereocenters. The van der Waals surface area contributed by atoms with Crippen molar-refractivity contribution in [1.29, 1.82) is 0 Å². The zero-order chi connectivity index (χ0) is 13.3. The summed E-state index contributed by atoms with van der Waals surface area (Å²) in [7, 11) is 0. The zero-order valence-corrected chi connectivity index (χ0v) is 10.8. The van der Waals surface area contributed by atoms with Gasteiger partial charge in [0.15, 0.2) is 5.76 Å². The van der Waals surface area contributed by atoms with Gasteiger partial charge >= 0.3 is 0 Å². The van der Waals surface area contributed by atoms with Gasteiger partial charge in [-0.05, 0) is 39.0 Å². The van der Waals surface area contributed by atoms with E-state index in [4.69, 9.17) is 4.42 Å². The van der Waals surface area contributed by atoms with Gasteiger partial charge < -0.3 is 14.1 Å². The van der Waals surface area contributed by atoms with Gasteiger partial charge in [-0.1, -0.05) is 0 Å². The molecule has 2 aromatic rings. The Hall–Kier alpha value is -1.81. The van der Waals surface area contributed by atoms with Crippen molar-refractivity contribution < 1.29 is 14.3 Å². The topological polar surface area (TPSA) is 55.4 Å². The molecule has 0 aliphatic carbocycles. The first-order valence-corrected chi connectivity index (χ1v) is 5.93. The van der Waals surface area contributed by atoms with Crippen LogP contribution in [0.4, 0.5) is 0 Å². The Morgan fingerprint density at radius 2 is 2.22 bits per heavy atom. The summed E-state index contributed by atoms with van der Waals surface area (Å²) >= 11 is 0. The Bertz CT molecular complexity index is 552. The molecule has 0 radical (unpaired) electrons. The minimum atomic E-state index is -0.121. The Balaban J connectivity index is 2.45. The van der Waals surface area contributed by atoms with E-state index >= 15 is 0 Å². The molecule has 4 heteroatoms. The fourth-order valence-electron chi connectivity index (χ4n) is 2.31. The molecule has 4 nitrogen and oxygen atoms in total. The third-order valence-corrected chi connectivity index (χ3v) is 3.18. The second-order valence-corrected chi connectivity index (χ2v) is 4.49. The normalized spacial score (nSPS) is 12.7. The Morgan fingerprint density at radius 3 is 2.78 bits per heavy atom. The van der Waals surface area contributed by atoms with Crippen LogP contribution in [0.1, 0.15) is 40.5 Å². The van der Waals surface area contributed by atoms with Gasteiger partial charge in [0.1, 0.15) is 0 Å². The number of carbonyl (C=O) groups is 1. The third kappa shape index (κ3) is 1.99. The van der Waals surface area contributed by atoms with Crippen LogP contribution in [-0.2, 0) is 0 Å². The Kier molecular flexibility index (Phi) is 3.39. The lowest BCUT2D eigenvalue weighted by Gasteiger charge is -2.15. The molecule has 1 N–H and O–H groups in total. The number of aliphatic hydroxyl groups excluding tert-OH is 1. The minimum absolute atomic E-state index is 0.0387. The molecule has 0 saturated carbocycles. The predicted octanol–water partition coefficient (Wildman–Crippen LogP) is 2.48. The van der Waals surface area contributed by atoms with Crippen molar-refractivity contribution >= 4 is 5.78 Å². The molecule has 0 aliphatic rings. The van der Waals surface area contributed by atoms with Crippen LogP contribution >= 0.6 is 0 Å². The maximum Gasteiger partial charge on any atom is 0.229 e. The van der Waals surface area contributed by atoms with Crippen molar-refractivity contribution in [3.05, 3.63) is 47.2 Å². The van der Waals surface area contributed by atoms with Crippen LogP contribution in [0.2, 0.25) is 0 Å². The number of rotatable bonds is 4. The van der Waals surface area contributed by atoms with Crippen molar-refractivity contribution in [1.82, 2.24) is 4.57 Å². The first-order chi connectivity index (χ1) is 8.56. The molecule has 0 spiro atoms. The van der Waals surface area contributed by atoms with E-state index in [1.807, 2.05) is 31.4 Å². The van der Waals surface area contributed by atoms with E-state index in [-0.39, 0.29) is 18.4 Å². The highest BCUT2D eigenvalue weighted by Gasteiger charge is 2.20. The highest BCUT2D eigenvalue weighted by Crippen LogP contribution is 2.22. The number of furan rings is 1. The average Bonchev–Trinajstić information content (AvgIpc) is 2.96. The van der Waals surface area contributed by atoms with Gasteiger partial charge in [0.2, 0.25) is 5.78 Å². The molecule has 0 bridgehead atoms. The predicted molar refractivity (Wildman–Crippen MR) is 67.8 cm³/mol. The summed E-state index contributed by atoms with van der Waals surface area (Å²) in [6.45, 7) is 5.78. The summed E-state index contributed by atoms with van der Waals surface area (Å²) in [5.74, 6) is 0.219. The lowest BCUT2D eigenvalue weighted by molar-refractivity contribution is 0.101. The van der Waals surface area contributed by atoms with Crippen LogP contribution < -0.4 is 0 Å². The van der Waals surface area contributed by atoms with Gasteiger partial charge in [-0.25, -0.2) is 0 Å². The van der Waals surface area contributed by atoms with E-state index in [2.05, 4.69) is 0 Å². The summed E-state index contributed by atoms with van der Waals surface area (Å²) in [5.41, 5.74) is 2.45. The standard InChI is InChI=1S/C14H17NO3/c1-9-7-12(11(3)15(9)10(2)8-16)14(17)13-5-4-6-18-13/h4-7,10,16H,8H2,1-3H3. The fraction of sp³-hybridized carbons (Fsp3) is 0.357. The van der Waals surface area contributed by atoms with Crippen LogP contribution in [0, 0.1) is 13.8 Å². The van der Waals surface area contributed by atoms with Crippen LogP contribution in [0.15, 0.2) is 28.9 Å². The molecule has 0 aliphatic heterocycles. The minimum Gasteiger partial charge on any atom is -0.461 e. The number of hydrogen-bond acceptors (Lipinski definition) is 3. The third-order valence-electron chi connectivity index (χ3n) is 3.18. The summed E-state index contributed by atoms with van der Waals surface area (Å²) in [5, 5.41) is 9.24. The van der Waals surface area contributed by atoms with Gasteiger partial charge in [-0.3, -0.25) is 4.79 Å². The average molecular weight is 247 g/mol. The first-order valence-electron chi connectivity index (χ1n) is 5.93. The molecule has 0 aromatic carbocycles. The monoisotopic (exact) mass is 247 g/mol. The zero-order valence-electron chi connectivity index (χ0n) is 10.8. The molecule has 2 aromatic heterocycles. The lowest BCUT2D eigenvalue weighted by Crippen LogP contribution is -2.13. The second-order valence-electron chi connectivity index (χ2n) is 4.49. The summed E-state index contributed by atoms with van der Waals surface area (Å²) in [4.78, 5) is 12.2. The lowest BCUT2D eigenvalue weighted by atomic mass is 10.1. The van der Waals surface area contributed by atoms with Crippen LogP contribution in [0.25, 0.3) is 0 Å². The summed E-state index contributed by atoms with van der Waals surface area (Å²) in [6, 6.07) is 5.15. The smallest absolute Gasteiger partial charge is 0.229 e. The SMILES string of the molecule is Cc1cc(C(=O)c2ccco2)c(C)n1C(C)CO. The molecule has 0 amide bonds. The van der Waals surface area contributed by atoms with Gasteiger partial charge in [0.05, 0.1) is 18.9 Å². The molecule has 0 fully saturated rings. The number of carbonyl (C=O) groups excluding carboxylic acids is 1. The number of aromatic nitrogens is 1. The van der Waals surface area contributed by atoms with Crippen molar-refractivity contribution in [2.75, 3.05) is 6.61 Å². The van der Waals surface area contributed by atoms with Crippen LogP contribution in [0.5, 0.6) is 0 Å². The van der Waals surface area contributed by atoms with Gasteiger partial charge in [0, 0.05) is 17.0 Å². The Labute approximate surface area is 106 Å². The van der Waals surface area contributed by atoms with E-state index in [0.29, 0.717) is 11.3 Å². The largest absolute Gasteiger partial charge is 0.461 e. The molecule has 0 saturated heterocycles. The molecular weight excluding hydrogens is 230 g/mol. The van der Waals surface area contributed by atoms with Crippen molar-refractivity contribution in [3.63, 3.8) is 0 Å². The van der Waals surface area contributed by atoms with Gasteiger partial charge in [-0.2, -0.15) is 0 Å². The van der Waals surface area contributed by atoms with Gasteiger partial charge in [0.25, 0.3) is 0 Å². The van der Waals surface area contributed by atoms with Crippen LogP contribution in [-0.4, -0.2) is 22.1 Å². The number of nitrogens with zero attached hydrogens (tertiary/aromatic N) is 1. The van der Waals surface area contributed by atoms with Gasteiger partial charge in [-0.15, -0.1) is 0 Å². The number of ketones is 1. The molecule has 1 atom stereocenters. The molecule has 2 rings (SSSR count). The van der Waals surface area contributed by atoms with E-state index in [0.717, 1.165) is 11.4 Å². The van der Waals surface area contributed by atoms with Crippen LogP contribution in [0.3, 0.4) is 0 Å². The fourth-order valence-corrected chi connectivity index (χ4v) is 2.31.